The van der Waals surface area contributed by atoms with Gasteiger partial charge in [0.05, 0.1) is 12.7 Å². The lowest BCUT2D eigenvalue weighted by Crippen LogP contribution is -2.34. The standard InChI is InChI=1S/C25H29ClN2O4/c1-4-5-14-32-15-8-13-28-24(29)22(19-9-6-7-10-21(19)31-3)23(25(28)30)27-20-16-18(26)12-11-17(20)2/h6-7,9-12,16,27H,4-5,8,13-15H2,1-3H3. The third-order valence-electron chi connectivity index (χ3n) is 5.32. The molecule has 1 N–H and O–H groups in total. The van der Waals surface area contributed by atoms with Crippen LogP contribution in [0.15, 0.2) is 48.2 Å². The van der Waals surface area contributed by atoms with Crippen molar-refractivity contribution in [1.82, 2.24) is 4.90 Å². The highest BCUT2D eigenvalue weighted by Crippen LogP contribution is 2.36. The van der Waals surface area contributed by atoms with E-state index in [2.05, 4.69) is 12.2 Å². The Morgan fingerprint density at radius 1 is 1.03 bits per heavy atom. The van der Waals surface area contributed by atoms with Crippen LogP contribution in [0, 0.1) is 6.92 Å². The Hall–Kier alpha value is -2.83. The zero-order chi connectivity index (χ0) is 23.1. The van der Waals surface area contributed by atoms with Gasteiger partial charge in [0, 0.05) is 36.0 Å². The second kappa shape index (κ2) is 11.2. The smallest absolute Gasteiger partial charge is 0.278 e. The molecule has 170 valence electrons. The number of rotatable bonds is 11. The van der Waals surface area contributed by atoms with Gasteiger partial charge in [-0.2, -0.15) is 0 Å². The molecule has 0 bridgehead atoms. The molecule has 0 fully saturated rings. The minimum atomic E-state index is -0.371. The van der Waals surface area contributed by atoms with Gasteiger partial charge >= 0.3 is 0 Å². The first-order chi connectivity index (χ1) is 15.5. The number of para-hydroxylation sites is 1. The molecule has 1 aliphatic heterocycles. The maximum atomic E-state index is 13.4. The summed E-state index contributed by atoms with van der Waals surface area (Å²) < 4.78 is 11.1. The van der Waals surface area contributed by atoms with Crippen LogP contribution in [0.1, 0.15) is 37.3 Å². The van der Waals surface area contributed by atoms with Crippen molar-refractivity contribution >= 4 is 34.7 Å². The molecule has 2 amide bonds. The number of halogens is 1. The van der Waals surface area contributed by atoms with Crippen molar-refractivity contribution in [3.63, 3.8) is 0 Å². The first-order valence-electron chi connectivity index (χ1n) is 10.8. The number of hydrogen-bond donors (Lipinski definition) is 1. The lowest BCUT2D eigenvalue weighted by molar-refractivity contribution is -0.137. The molecule has 32 heavy (non-hydrogen) atoms. The topological polar surface area (TPSA) is 67.9 Å². The van der Waals surface area contributed by atoms with Crippen molar-refractivity contribution in [2.45, 2.75) is 33.1 Å². The van der Waals surface area contributed by atoms with E-state index >= 15 is 0 Å². The van der Waals surface area contributed by atoms with Crippen molar-refractivity contribution in [2.24, 2.45) is 0 Å². The Morgan fingerprint density at radius 3 is 2.53 bits per heavy atom. The first kappa shape index (κ1) is 23.8. The van der Waals surface area contributed by atoms with E-state index in [0.717, 1.165) is 18.4 Å². The Kier molecular flexibility index (Phi) is 8.31. The molecular weight excluding hydrogens is 428 g/mol. The minimum Gasteiger partial charge on any atom is -0.496 e. The van der Waals surface area contributed by atoms with Crippen LogP contribution in [0.25, 0.3) is 5.57 Å². The molecule has 3 rings (SSSR count). The fourth-order valence-electron chi connectivity index (χ4n) is 3.53. The average molecular weight is 457 g/mol. The number of carbonyl (C=O) groups is 2. The Morgan fingerprint density at radius 2 is 1.78 bits per heavy atom. The molecule has 0 aliphatic carbocycles. The van der Waals surface area contributed by atoms with E-state index < -0.39 is 0 Å². The SMILES string of the molecule is CCCCOCCCN1C(=O)C(Nc2cc(Cl)ccc2C)=C(c2ccccc2OC)C1=O. The van der Waals surface area contributed by atoms with Crippen LogP contribution in [-0.2, 0) is 14.3 Å². The summed E-state index contributed by atoms with van der Waals surface area (Å²) in [7, 11) is 1.54. The highest BCUT2D eigenvalue weighted by Gasteiger charge is 2.40. The summed E-state index contributed by atoms with van der Waals surface area (Å²) in [5, 5.41) is 3.71. The maximum absolute atomic E-state index is 13.4. The summed E-state index contributed by atoms with van der Waals surface area (Å²) in [5.41, 5.74) is 2.66. The van der Waals surface area contributed by atoms with Gasteiger partial charge in [0.25, 0.3) is 11.8 Å². The second-order valence-electron chi connectivity index (χ2n) is 7.62. The Labute approximate surface area is 194 Å². The van der Waals surface area contributed by atoms with E-state index in [-0.39, 0.29) is 24.1 Å². The van der Waals surface area contributed by atoms with Crippen LogP contribution in [0.4, 0.5) is 5.69 Å². The van der Waals surface area contributed by atoms with Crippen molar-refractivity contribution in [2.75, 3.05) is 32.2 Å². The maximum Gasteiger partial charge on any atom is 0.278 e. The molecule has 2 aromatic carbocycles. The molecule has 0 saturated carbocycles. The summed E-state index contributed by atoms with van der Waals surface area (Å²) in [6, 6.07) is 12.6. The van der Waals surface area contributed by atoms with Gasteiger partial charge in [-0.3, -0.25) is 14.5 Å². The number of methoxy groups -OCH3 is 1. The number of hydrogen-bond acceptors (Lipinski definition) is 5. The van der Waals surface area contributed by atoms with Gasteiger partial charge in [0.15, 0.2) is 0 Å². The van der Waals surface area contributed by atoms with Crippen molar-refractivity contribution < 1.29 is 19.1 Å². The van der Waals surface area contributed by atoms with Crippen molar-refractivity contribution in [3.8, 4) is 5.75 Å². The highest BCUT2D eigenvalue weighted by atomic mass is 35.5. The fourth-order valence-corrected chi connectivity index (χ4v) is 3.70. The molecule has 0 radical (unpaired) electrons. The van der Waals surface area contributed by atoms with Gasteiger partial charge in [0.2, 0.25) is 0 Å². The Balaban J connectivity index is 1.92. The van der Waals surface area contributed by atoms with E-state index in [1.807, 2.05) is 25.1 Å². The lowest BCUT2D eigenvalue weighted by Gasteiger charge is -2.16. The number of imide groups is 1. The van der Waals surface area contributed by atoms with E-state index in [0.29, 0.717) is 47.2 Å². The molecule has 7 heteroatoms. The highest BCUT2D eigenvalue weighted by molar-refractivity contribution is 6.37. The number of unbranched alkanes of at least 4 members (excludes halogenated alkanes) is 1. The zero-order valence-electron chi connectivity index (χ0n) is 18.7. The van der Waals surface area contributed by atoms with Crippen molar-refractivity contribution in [3.05, 3.63) is 64.3 Å². The molecule has 1 aliphatic rings. The van der Waals surface area contributed by atoms with Crippen LogP contribution in [0.3, 0.4) is 0 Å². The van der Waals surface area contributed by atoms with Gasteiger partial charge in [-0.05, 0) is 43.5 Å². The molecule has 0 saturated heterocycles. The predicted molar refractivity (Wildman–Crippen MR) is 127 cm³/mol. The van der Waals surface area contributed by atoms with Crippen LogP contribution < -0.4 is 10.1 Å². The minimum absolute atomic E-state index is 0.219. The number of carbonyl (C=O) groups excluding carboxylic acids is 2. The molecule has 0 aromatic heterocycles. The Bertz CT molecular complexity index is 1020. The fraction of sp³-hybridized carbons (Fsp3) is 0.360. The van der Waals surface area contributed by atoms with E-state index in [4.69, 9.17) is 21.1 Å². The van der Waals surface area contributed by atoms with E-state index in [9.17, 15) is 9.59 Å². The summed E-state index contributed by atoms with van der Waals surface area (Å²) >= 11 is 6.17. The van der Waals surface area contributed by atoms with Crippen LogP contribution in [-0.4, -0.2) is 43.6 Å². The summed E-state index contributed by atoms with van der Waals surface area (Å²) in [5.74, 6) is -0.199. The average Bonchev–Trinajstić information content (AvgIpc) is 3.02. The number of ether oxygens (including phenoxy) is 2. The molecule has 0 unspecified atom stereocenters. The third kappa shape index (κ3) is 5.31. The summed E-state index contributed by atoms with van der Waals surface area (Å²) in [6.45, 7) is 5.48. The number of amides is 2. The molecule has 2 aromatic rings. The number of benzene rings is 2. The third-order valence-corrected chi connectivity index (χ3v) is 5.55. The number of aryl methyl sites for hydroxylation is 1. The predicted octanol–water partition coefficient (Wildman–Crippen LogP) is 5.06. The largest absolute Gasteiger partial charge is 0.496 e. The molecular formula is C25H29ClN2O4. The summed E-state index contributed by atoms with van der Waals surface area (Å²) in [4.78, 5) is 28.0. The van der Waals surface area contributed by atoms with Gasteiger partial charge in [0.1, 0.15) is 11.4 Å². The van der Waals surface area contributed by atoms with Gasteiger partial charge < -0.3 is 14.8 Å². The van der Waals surface area contributed by atoms with Gasteiger partial charge in [-0.1, -0.05) is 49.2 Å². The van der Waals surface area contributed by atoms with Crippen LogP contribution in [0.5, 0.6) is 5.75 Å². The number of nitrogens with zero attached hydrogens (tertiary/aromatic N) is 1. The number of nitrogens with one attached hydrogen (secondary N) is 1. The van der Waals surface area contributed by atoms with E-state index in [1.165, 1.54) is 4.90 Å². The molecule has 0 spiro atoms. The van der Waals surface area contributed by atoms with Crippen LogP contribution >= 0.6 is 11.6 Å². The first-order valence-corrected chi connectivity index (χ1v) is 11.2. The van der Waals surface area contributed by atoms with Gasteiger partial charge in [-0.15, -0.1) is 0 Å². The van der Waals surface area contributed by atoms with Gasteiger partial charge in [-0.25, -0.2) is 0 Å². The van der Waals surface area contributed by atoms with E-state index in [1.54, 1.807) is 31.4 Å². The van der Waals surface area contributed by atoms with Crippen molar-refractivity contribution in [1.29, 1.82) is 0 Å². The zero-order valence-corrected chi connectivity index (χ0v) is 19.5. The summed E-state index contributed by atoms with van der Waals surface area (Å²) in [6.07, 6.45) is 2.63. The lowest BCUT2D eigenvalue weighted by atomic mass is 10.0. The molecule has 6 nitrogen and oxygen atoms in total. The number of anilines is 1. The monoisotopic (exact) mass is 456 g/mol. The quantitative estimate of drug-likeness (QED) is 0.378. The molecule has 1 heterocycles. The second-order valence-corrected chi connectivity index (χ2v) is 8.05. The molecule has 0 atom stereocenters. The van der Waals surface area contributed by atoms with Crippen LogP contribution in [0.2, 0.25) is 5.02 Å². The normalized spacial score (nSPS) is 13.8.